The molecule has 32 heavy (non-hydrogen) atoms. The molecule has 0 bridgehead atoms. The van der Waals surface area contributed by atoms with E-state index in [-0.39, 0.29) is 27.4 Å². The van der Waals surface area contributed by atoms with Gasteiger partial charge in [0.25, 0.3) is 15.9 Å². The minimum Gasteiger partial charge on any atom is -0.346 e. The Labute approximate surface area is 194 Å². The number of halogens is 1. The first-order valence-corrected chi connectivity index (χ1v) is 12.3. The maximum atomic E-state index is 13.0. The van der Waals surface area contributed by atoms with Crippen molar-refractivity contribution in [2.24, 2.45) is 0 Å². The van der Waals surface area contributed by atoms with Gasteiger partial charge < -0.3 is 5.32 Å². The van der Waals surface area contributed by atoms with Gasteiger partial charge in [-0.15, -0.1) is 0 Å². The molecular weight excluding hydrogens is 444 g/mol. The Morgan fingerprint density at radius 3 is 2.34 bits per heavy atom. The second-order valence-electron chi connectivity index (χ2n) is 7.86. The molecule has 0 spiro atoms. The Bertz CT molecular complexity index is 1240. The number of carbonyl (C=O) groups is 1. The van der Waals surface area contributed by atoms with Crippen LogP contribution in [0.5, 0.6) is 0 Å². The third-order valence-electron chi connectivity index (χ3n) is 5.36. The molecule has 1 amide bonds. The van der Waals surface area contributed by atoms with Crippen LogP contribution < -0.4 is 10.0 Å². The summed E-state index contributed by atoms with van der Waals surface area (Å²) in [5.74, 6) is -0.378. The maximum absolute atomic E-state index is 13.0. The van der Waals surface area contributed by atoms with Crippen molar-refractivity contribution in [2.45, 2.75) is 45.1 Å². The number of sulfonamides is 1. The number of carbonyl (C=O) groups excluding carboxylic acids is 1. The molecule has 168 valence electrons. The van der Waals surface area contributed by atoms with E-state index >= 15 is 0 Å². The summed E-state index contributed by atoms with van der Waals surface area (Å²) in [4.78, 5) is 12.7. The van der Waals surface area contributed by atoms with E-state index in [0.29, 0.717) is 5.69 Å². The quantitative estimate of drug-likeness (QED) is 0.457. The highest BCUT2D eigenvalue weighted by atomic mass is 35.5. The van der Waals surface area contributed by atoms with Gasteiger partial charge in [-0.05, 0) is 73.7 Å². The Morgan fingerprint density at radius 1 is 1.00 bits per heavy atom. The number of benzene rings is 3. The van der Waals surface area contributed by atoms with Crippen LogP contribution in [0.25, 0.3) is 0 Å². The molecule has 3 aromatic rings. The van der Waals surface area contributed by atoms with Gasteiger partial charge in [-0.3, -0.25) is 9.52 Å². The van der Waals surface area contributed by atoms with Gasteiger partial charge in [-0.1, -0.05) is 54.9 Å². The standard InChI is InChI=1S/C25H27ClN2O3S/c1-5-19-8-10-20(11-9-19)18(4)27-25(29)21-12-13-22(26)24(15-21)32(30,31)28-23-14-16(2)6-7-17(23)3/h6-15,18,28H,5H2,1-4H3,(H,27,29)/t18-/m1/s1. The summed E-state index contributed by atoms with van der Waals surface area (Å²) in [6, 6.07) is 17.5. The molecule has 1 atom stereocenters. The number of rotatable bonds is 7. The summed E-state index contributed by atoms with van der Waals surface area (Å²) in [5, 5.41) is 2.96. The molecule has 2 N–H and O–H groups in total. The average Bonchev–Trinajstić information content (AvgIpc) is 2.76. The van der Waals surface area contributed by atoms with Crippen molar-refractivity contribution in [1.29, 1.82) is 0 Å². The lowest BCUT2D eigenvalue weighted by molar-refractivity contribution is 0.0939. The first-order chi connectivity index (χ1) is 15.1. The summed E-state index contributed by atoms with van der Waals surface area (Å²) in [6.07, 6.45) is 0.944. The highest BCUT2D eigenvalue weighted by Gasteiger charge is 2.22. The van der Waals surface area contributed by atoms with Crippen LogP contribution in [0, 0.1) is 13.8 Å². The van der Waals surface area contributed by atoms with Crippen molar-refractivity contribution < 1.29 is 13.2 Å². The van der Waals surface area contributed by atoms with Gasteiger partial charge in [-0.25, -0.2) is 8.42 Å². The van der Waals surface area contributed by atoms with E-state index in [1.807, 2.05) is 57.2 Å². The lowest BCUT2D eigenvalue weighted by atomic mass is 10.0. The topological polar surface area (TPSA) is 75.3 Å². The molecule has 0 radical (unpaired) electrons. The van der Waals surface area contributed by atoms with Crippen LogP contribution in [0.3, 0.4) is 0 Å². The second kappa shape index (κ2) is 9.76. The van der Waals surface area contributed by atoms with E-state index in [2.05, 4.69) is 17.0 Å². The smallest absolute Gasteiger partial charge is 0.263 e. The Kier molecular flexibility index (Phi) is 7.26. The third kappa shape index (κ3) is 5.50. The predicted molar refractivity (Wildman–Crippen MR) is 130 cm³/mol. The third-order valence-corrected chi connectivity index (χ3v) is 7.20. The number of anilines is 1. The lowest BCUT2D eigenvalue weighted by Gasteiger charge is -2.16. The fourth-order valence-electron chi connectivity index (χ4n) is 3.30. The van der Waals surface area contributed by atoms with Crippen LogP contribution >= 0.6 is 11.6 Å². The first-order valence-electron chi connectivity index (χ1n) is 10.4. The van der Waals surface area contributed by atoms with Gasteiger partial charge in [0.1, 0.15) is 4.90 Å². The molecule has 0 aliphatic rings. The maximum Gasteiger partial charge on any atom is 0.263 e. The van der Waals surface area contributed by atoms with Crippen molar-refractivity contribution in [3.63, 3.8) is 0 Å². The number of amides is 1. The zero-order chi connectivity index (χ0) is 23.5. The summed E-state index contributed by atoms with van der Waals surface area (Å²) >= 11 is 6.20. The highest BCUT2D eigenvalue weighted by Crippen LogP contribution is 2.27. The van der Waals surface area contributed by atoms with Gasteiger partial charge in [-0.2, -0.15) is 0 Å². The van der Waals surface area contributed by atoms with E-state index in [1.165, 1.54) is 23.8 Å². The van der Waals surface area contributed by atoms with Crippen molar-refractivity contribution in [2.75, 3.05) is 4.72 Å². The largest absolute Gasteiger partial charge is 0.346 e. The number of nitrogens with one attached hydrogen (secondary N) is 2. The molecule has 0 aromatic heterocycles. The summed E-state index contributed by atoms with van der Waals surface area (Å²) in [7, 11) is -3.99. The lowest BCUT2D eigenvalue weighted by Crippen LogP contribution is -2.27. The SMILES string of the molecule is CCc1ccc([C@@H](C)NC(=O)c2ccc(Cl)c(S(=O)(=O)Nc3cc(C)ccc3C)c2)cc1. The van der Waals surface area contributed by atoms with E-state index in [1.54, 1.807) is 6.07 Å². The normalized spacial score (nSPS) is 12.3. The van der Waals surface area contributed by atoms with Gasteiger partial charge in [0, 0.05) is 5.56 Å². The first kappa shape index (κ1) is 23.8. The zero-order valence-electron chi connectivity index (χ0n) is 18.6. The van der Waals surface area contributed by atoms with Gasteiger partial charge >= 0.3 is 0 Å². The molecule has 3 aromatic carbocycles. The van der Waals surface area contributed by atoms with Crippen LogP contribution in [0.15, 0.2) is 65.6 Å². The van der Waals surface area contributed by atoms with Crippen molar-refractivity contribution in [3.05, 3.63) is 93.5 Å². The minimum absolute atomic E-state index is 0.0440. The average molecular weight is 471 g/mol. The fourth-order valence-corrected chi connectivity index (χ4v) is 4.95. The zero-order valence-corrected chi connectivity index (χ0v) is 20.1. The Balaban J connectivity index is 1.83. The van der Waals surface area contributed by atoms with Gasteiger partial charge in [0.15, 0.2) is 0 Å². The van der Waals surface area contributed by atoms with Crippen LogP contribution in [-0.2, 0) is 16.4 Å². The monoisotopic (exact) mass is 470 g/mol. The molecule has 0 aliphatic carbocycles. The summed E-state index contributed by atoms with van der Waals surface area (Å²) < 4.78 is 28.7. The molecule has 5 nitrogen and oxygen atoms in total. The molecule has 0 unspecified atom stereocenters. The number of hydrogen-bond acceptors (Lipinski definition) is 3. The second-order valence-corrected chi connectivity index (χ2v) is 9.92. The van der Waals surface area contributed by atoms with Gasteiger partial charge in [0.2, 0.25) is 0 Å². The molecule has 7 heteroatoms. The highest BCUT2D eigenvalue weighted by molar-refractivity contribution is 7.92. The Hall–Kier alpha value is -2.83. The summed E-state index contributed by atoms with van der Waals surface area (Å²) in [5.41, 5.74) is 4.58. The van der Waals surface area contributed by atoms with Crippen molar-refractivity contribution >= 4 is 33.2 Å². The van der Waals surface area contributed by atoms with E-state index < -0.39 is 10.0 Å². The van der Waals surface area contributed by atoms with Crippen LogP contribution in [-0.4, -0.2) is 14.3 Å². The molecule has 0 aliphatic heterocycles. The Morgan fingerprint density at radius 2 is 1.69 bits per heavy atom. The fraction of sp³-hybridized carbons (Fsp3) is 0.240. The molecule has 3 rings (SSSR count). The van der Waals surface area contributed by atoms with Crippen molar-refractivity contribution in [1.82, 2.24) is 5.32 Å². The van der Waals surface area contributed by atoms with E-state index in [4.69, 9.17) is 11.6 Å². The molecular formula is C25H27ClN2O3S. The van der Waals surface area contributed by atoms with Crippen LogP contribution in [0.1, 0.15) is 52.5 Å². The van der Waals surface area contributed by atoms with Crippen LogP contribution in [0.4, 0.5) is 5.69 Å². The van der Waals surface area contributed by atoms with E-state index in [0.717, 1.165) is 23.1 Å². The molecule has 0 fully saturated rings. The van der Waals surface area contributed by atoms with Crippen molar-refractivity contribution in [3.8, 4) is 0 Å². The molecule has 0 saturated heterocycles. The number of aryl methyl sites for hydroxylation is 3. The van der Waals surface area contributed by atoms with Gasteiger partial charge in [0.05, 0.1) is 16.8 Å². The minimum atomic E-state index is -3.99. The van der Waals surface area contributed by atoms with Crippen LogP contribution in [0.2, 0.25) is 5.02 Å². The molecule has 0 heterocycles. The predicted octanol–water partition coefficient (Wildman–Crippen LogP) is 5.81. The number of hydrogen-bond donors (Lipinski definition) is 2. The van der Waals surface area contributed by atoms with E-state index in [9.17, 15) is 13.2 Å². The summed E-state index contributed by atoms with van der Waals surface area (Å²) in [6.45, 7) is 7.67. The molecule has 0 saturated carbocycles.